The van der Waals surface area contributed by atoms with E-state index in [9.17, 15) is 0 Å². The van der Waals surface area contributed by atoms with Gasteiger partial charge in [0.2, 0.25) is 0 Å². The molecule has 0 nitrogen and oxygen atoms in total. The molecule has 0 aromatic heterocycles. The van der Waals surface area contributed by atoms with Crippen molar-refractivity contribution in [2.75, 3.05) is 0 Å². The average molecular weight is 178 g/mol. The summed E-state index contributed by atoms with van der Waals surface area (Å²) in [4.78, 5) is 0. The first-order valence-electron chi connectivity index (χ1n) is 5.37. The lowest BCUT2D eigenvalue weighted by Gasteiger charge is -2.50. The van der Waals surface area contributed by atoms with E-state index in [4.69, 9.17) is 0 Å². The molecular formula is C13H22. The Balaban J connectivity index is 3.15. The summed E-state index contributed by atoms with van der Waals surface area (Å²) in [5, 5.41) is 0. The standard InChI is InChI=1S/C13H22/c1-7-13(6)11(3)9-8-10(2)12(13,4)5/h10-11H,7H2,1-6H3. The normalized spacial score (nSPS) is 42.3. The minimum absolute atomic E-state index is 0.340. The van der Waals surface area contributed by atoms with Gasteiger partial charge in [0, 0.05) is 11.8 Å². The first-order chi connectivity index (χ1) is 5.86. The van der Waals surface area contributed by atoms with Crippen molar-refractivity contribution in [2.24, 2.45) is 22.7 Å². The second-order valence-corrected chi connectivity index (χ2v) is 5.22. The zero-order chi connectivity index (χ0) is 10.3. The van der Waals surface area contributed by atoms with Gasteiger partial charge in [-0.3, -0.25) is 0 Å². The van der Waals surface area contributed by atoms with Gasteiger partial charge in [-0.1, -0.05) is 53.4 Å². The van der Waals surface area contributed by atoms with E-state index in [1.165, 1.54) is 6.42 Å². The first kappa shape index (κ1) is 10.6. The zero-order valence-electron chi connectivity index (χ0n) is 9.86. The molecule has 0 heterocycles. The maximum Gasteiger partial charge on any atom is 0.0233 e. The summed E-state index contributed by atoms with van der Waals surface area (Å²) in [5.41, 5.74) is 0.712. The van der Waals surface area contributed by atoms with Crippen molar-refractivity contribution in [1.82, 2.24) is 0 Å². The van der Waals surface area contributed by atoms with Crippen LogP contribution in [0.2, 0.25) is 0 Å². The van der Waals surface area contributed by atoms with E-state index in [2.05, 4.69) is 53.4 Å². The summed E-state index contributed by atoms with van der Waals surface area (Å²) in [6.07, 6.45) is 1.22. The maximum atomic E-state index is 3.38. The average Bonchev–Trinajstić information content (AvgIpc) is 2.09. The molecule has 0 saturated heterocycles. The van der Waals surface area contributed by atoms with Crippen molar-refractivity contribution in [1.29, 1.82) is 0 Å². The van der Waals surface area contributed by atoms with Crippen LogP contribution in [0.3, 0.4) is 0 Å². The molecule has 1 rings (SSSR count). The molecule has 0 bridgehead atoms. The van der Waals surface area contributed by atoms with Gasteiger partial charge in [-0.2, -0.15) is 0 Å². The molecule has 1 aliphatic carbocycles. The van der Waals surface area contributed by atoms with Crippen LogP contribution in [0.5, 0.6) is 0 Å². The van der Waals surface area contributed by atoms with Crippen LogP contribution in [-0.2, 0) is 0 Å². The molecular weight excluding hydrogens is 156 g/mol. The number of hydrogen-bond acceptors (Lipinski definition) is 0. The zero-order valence-corrected chi connectivity index (χ0v) is 9.86. The fourth-order valence-corrected chi connectivity index (χ4v) is 2.40. The van der Waals surface area contributed by atoms with E-state index in [1.54, 1.807) is 0 Å². The van der Waals surface area contributed by atoms with Crippen molar-refractivity contribution in [2.45, 2.75) is 48.0 Å². The molecule has 0 aliphatic heterocycles. The lowest BCUT2D eigenvalue weighted by atomic mass is 9.53. The SMILES string of the molecule is CCC1(C)C(C)C#CC(C)C1(C)C. The summed E-state index contributed by atoms with van der Waals surface area (Å²) >= 11 is 0. The Hall–Kier alpha value is -0.440. The third kappa shape index (κ3) is 1.30. The van der Waals surface area contributed by atoms with E-state index < -0.39 is 0 Å². The van der Waals surface area contributed by atoms with Gasteiger partial charge in [-0.25, -0.2) is 0 Å². The van der Waals surface area contributed by atoms with Crippen LogP contribution in [0.15, 0.2) is 0 Å². The molecule has 74 valence electrons. The smallest absolute Gasteiger partial charge is 0.0233 e. The van der Waals surface area contributed by atoms with E-state index >= 15 is 0 Å². The highest BCUT2D eigenvalue weighted by Gasteiger charge is 2.47. The van der Waals surface area contributed by atoms with E-state index in [1.807, 2.05) is 0 Å². The van der Waals surface area contributed by atoms with Crippen molar-refractivity contribution >= 4 is 0 Å². The Morgan fingerprint density at radius 1 is 1.00 bits per heavy atom. The number of rotatable bonds is 1. The van der Waals surface area contributed by atoms with Gasteiger partial charge in [0.05, 0.1) is 0 Å². The lowest BCUT2D eigenvalue weighted by Crippen LogP contribution is -2.45. The van der Waals surface area contributed by atoms with Crippen LogP contribution in [0, 0.1) is 34.5 Å². The largest absolute Gasteiger partial charge is 0.0993 e. The summed E-state index contributed by atoms with van der Waals surface area (Å²) in [6.45, 7) is 13.9. The number of hydrogen-bond donors (Lipinski definition) is 0. The Bertz CT molecular complexity index is 251. The maximum absolute atomic E-state index is 3.38. The molecule has 0 aromatic carbocycles. The van der Waals surface area contributed by atoms with Gasteiger partial charge >= 0.3 is 0 Å². The van der Waals surface area contributed by atoms with Crippen molar-refractivity contribution < 1.29 is 0 Å². The molecule has 0 amide bonds. The summed E-state index contributed by atoms with van der Waals surface area (Å²) in [7, 11) is 0. The molecule has 0 spiro atoms. The van der Waals surface area contributed by atoms with Crippen LogP contribution in [0.25, 0.3) is 0 Å². The van der Waals surface area contributed by atoms with Crippen molar-refractivity contribution in [3.63, 3.8) is 0 Å². The molecule has 13 heavy (non-hydrogen) atoms. The quantitative estimate of drug-likeness (QED) is 0.537. The minimum Gasteiger partial charge on any atom is -0.0993 e. The van der Waals surface area contributed by atoms with Gasteiger partial charge in [0.25, 0.3) is 0 Å². The Labute approximate surface area is 83.1 Å². The summed E-state index contributed by atoms with van der Waals surface area (Å²) in [6, 6.07) is 0. The van der Waals surface area contributed by atoms with Crippen LogP contribution in [-0.4, -0.2) is 0 Å². The van der Waals surface area contributed by atoms with Crippen LogP contribution in [0.4, 0.5) is 0 Å². The van der Waals surface area contributed by atoms with Gasteiger partial charge in [0.1, 0.15) is 0 Å². The van der Waals surface area contributed by atoms with E-state index in [-0.39, 0.29) is 0 Å². The van der Waals surface area contributed by atoms with Gasteiger partial charge in [-0.15, -0.1) is 0 Å². The highest BCUT2D eigenvalue weighted by Crippen LogP contribution is 2.53. The van der Waals surface area contributed by atoms with Crippen LogP contribution in [0.1, 0.15) is 48.0 Å². The Morgan fingerprint density at radius 3 is 1.85 bits per heavy atom. The fraction of sp³-hybridized carbons (Fsp3) is 0.846. The second-order valence-electron chi connectivity index (χ2n) is 5.22. The van der Waals surface area contributed by atoms with Crippen molar-refractivity contribution in [3.05, 3.63) is 0 Å². The first-order valence-corrected chi connectivity index (χ1v) is 5.37. The molecule has 1 aliphatic rings. The third-order valence-electron chi connectivity index (χ3n) is 4.76. The predicted octanol–water partition coefficient (Wildman–Crippen LogP) is 3.72. The molecule has 0 saturated carbocycles. The van der Waals surface area contributed by atoms with Crippen LogP contribution >= 0.6 is 0 Å². The molecule has 0 N–H and O–H groups in total. The molecule has 0 heteroatoms. The highest BCUT2D eigenvalue weighted by molar-refractivity contribution is 5.20. The van der Waals surface area contributed by atoms with Crippen molar-refractivity contribution in [3.8, 4) is 11.8 Å². The molecule has 0 aromatic rings. The monoisotopic (exact) mass is 178 g/mol. The fourth-order valence-electron chi connectivity index (χ4n) is 2.40. The highest BCUT2D eigenvalue weighted by atomic mass is 14.5. The van der Waals surface area contributed by atoms with Gasteiger partial charge in [-0.05, 0) is 17.3 Å². The minimum atomic E-state index is 0.340. The predicted molar refractivity (Wildman–Crippen MR) is 58.3 cm³/mol. The van der Waals surface area contributed by atoms with Crippen LogP contribution < -0.4 is 0 Å². The molecule has 3 unspecified atom stereocenters. The van der Waals surface area contributed by atoms with E-state index in [0.717, 1.165) is 0 Å². The topological polar surface area (TPSA) is 0 Å². The van der Waals surface area contributed by atoms with E-state index in [0.29, 0.717) is 22.7 Å². The summed E-state index contributed by atoms with van der Waals surface area (Å²) in [5.74, 6) is 7.79. The lowest BCUT2D eigenvalue weighted by molar-refractivity contribution is 0.0114. The van der Waals surface area contributed by atoms with Gasteiger partial charge < -0.3 is 0 Å². The molecule has 0 radical (unpaired) electrons. The Morgan fingerprint density at radius 2 is 1.46 bits per heavy atom. The second kappa shape index (κ2) is 3.05. The third-order valence-corrected chi connectivity index (χ3v) is 4.76. The summed E-state index contributed by atoms with van der Waals surface area (Å²) < 4.78 is 0. The Kier molecular flexibility index (Phi) is 2.50. The van der Waals surface area contributed by atoms with Gasteiger partial charge in [0.15, 0.2) is 0 Å². The molecule has 3 atom stereocenters. The molecule has 0 fully saturated rings.